The molecule has 0 radical (unpaired) electrons. The molecule has 0 saturated carbocycles. The van der Waals surface area contributed by atoms with Crippen molar-refractivity contribution in [3.63, 3.8) is 0 Å². The first-order chi connectivity index (χ1) is 7.13. The van der Waals surface area contributed by atoms with Crippen LogP contribution in [0.4, 0.5) is 5.95 Å². The van der Waals surface area contributed by atoms with Crippen LogP contribution in [0.3, 0.4) is 0 Å². The van der Waals surface area contributed by atoms with Gasteiger partial charge in [0.25, 0.3) is 5.95 Å². The van der Waals surface area contributed by atoms with Crippen molar-refractivity contribution < 1.29 is 0 Å². The van der Waals surface area contributed by atoms with E-state index in [1.165, 1.54) is 6.34 Å². The molecule has 1 aromatic heterocycles. The number of nitrogens with two attached hydrogens (primary N) is 1. The molecule has 0 aliphatic rings. The van der Waals surface area contributed by atoms with E-state index in [1.807, 2.05) is 6.92 Å². The van der Waals surface area contributed by atoms with Crippen LogP contribution in [0.5, 0.6) is 0 Å². The third-order valence-corrected chi connectivity index (χ3v) is 2.20. The molecule has 0 saturated heterocycles. The molecule has 0 aromatic carbocycles. The fourth-order valence-corrected chi connectivity index (χ4v) is 1.19. The predicted octanol–water partition coefficient (Wildman–Crippen LogP) is 2.04. The summed E-state index contributed by atoms with van der Waals surface area (Å²) in [5.41, 5.74) is 5.20. The van der Waals surface area contributed by atoms with E-state index in [4.69, 9.17) is 5.73 Å². The summed E-state index contributed by atoms with van der Waals surface area (Å²) in [6, 6.07) is 0. The highest BCUT2D eigenvalue weighted by molar-refractivity contribution is 9.10. The van der Waals surface area contributed by atoms with Crippen molar-refractivity contribution in [1.29, 1.82) is 0 Å². The van der Waals surface area contributed by atoms with Gasteiger partial charge in [-0.1, -0.05) is 15.9 Å². The van der Waals surface area contributed by atoms with E-state index < -0.39 is 0 Å². The van der Waals surface area contributed by atoms with Crippen molar-refractivity contribution in [2.45, 2.75) is 11.8 Å². The first-order valence-corrected chi connectivity index (χ1v) is 5.79. The van der Waals surface area contributed by atoms with Gasteiger partial charge in [-0.05, 0) is 22.9 Å². The maximum absolute atomic E-state index is 5.20. The van der Waals surface area contributed by atoms with Gasteiger partial charge in [-0.3, -0.25) is 0 Å². The molecule has 7 heteroatoms. The van der Waals surface area contributed by atoms with Crippen molar-refractivity contribution in [3.05, 3.63) is 16.9 Å². The molecule has 0 fully saturated rings. The van der Waals surface area contributed by atoms with Crippen LogP contribution in [-0.2, 0) is 0 Å². The molecule has 0 spiro atoms. The Morgan fingerprint density at radius 2 is 2.13 bits per heavy atom. The second-order valence-corrected chi connectivity index (χ2v) is 4.85. The molecule has 2 N–H and O–H groups in total. The van der Waals surface area contributed by atoms with Gasteiger partial charge in [0.15, 0.2) is 0 Å². The van der Waals surface area contributed by atoms with Gasteiger partial charge < -0.3 is 5.73 Å². The number of hydrogen-bond donors (Lipinski definition) is 1. The average molecular weight is 335 g/mol. The van der Waals surface area contributed by atoms with Crippen LogP contribution < -0.4 is 5.73 Å². The molecule has 15 heavy (non-hydrogen) atoms. The maximum Gasteiger partial charge on any atom is 0.251 e. The van der Waals surface area contributed by atoms with E-state index in [9.17, 15) is 0 Å². The van der Waals surface area contributed by atoms with Gasteiger partial charge in [0, 0.05) is 12.4 Å². The van der Waals surface area contributed by atoms with Crippen LogP contribution in [0.15, 0.2) is 26.9 Å². The monoisotopic (exact) mass is 333 g/mol. The lowest BCUT2D eigenvalue weighted by atomic mass is 10.4. The minimum Gasteiger partial charge on any atom is -0.390 e. The molecule has 0 amide bonds. The molecule has 5 nitrogen and oxygen atoms in total. The standard InChI is InChI=1S/C8H9Br2N5/c1-5(9)7(14-4-11)15-8-12-2-6(10)3-13-8/h2-5H,1H3,(H2,11,12,13,14,15). The van der Waals surface area contributed by atoms with Gasteiger partial charge in [-0.25, -0.2) is 15.0 Å². The number of aliphatic imine (C=N–C) groups is 2. The normalized spacial score (nSPS) is 14.5. The summed E-state index contributed by atoms with van der Waals surface area (Å²) in [5, 5.41) is 0. The van der Waals surface area contributed by atoms with E-state index in [1.54, 1.807) is 12.4 Å². The van der Waals surface area contributed by atoms with Crippen LogP contribution >= 0.6 is 31.9 Å². The second kappa shape index (κ2) is 5.92. The first-order valence-electron chi connectivity index (χ1n) is 4.08. The molecule has 80 valence electrons. The van der Waals surface area contributed by atoms with E-state index in [-0.39, 0.29) is 4.83 Å². The summed E-state index contributed by atoms with van der Waals surface area (Å²) in [5.74, 6) is 0.880. The number of alkyl halides is 1. The van der Waals surface area contributed by atoms with Gasteiger partial charge >= 0.3 is 0 Å². The fourth-order valence-electron chi connectivity index (χ4n) is 0.763. The SMILES string of the molecule is CC(Br)/C(N=CN)=N\c1ncc(Br)cn1. The Bertz CT molecular complexity index is 371. The number of nitrogens with zero attached hydrogens (tertiary/aromatic N) is 4. The van der Waals surface area contributed by atoms with Crippen molar-refractivity contribution in [1.82, 2.24) is 9.97 Å². The summed E-state index contributed by atoms with van der Waals surface area (Å²) < 4.78 is 0.803. The van der Waals surface area contributed by atoms with Crippen molar-refractivity contribution >= 4 is 50.0 Å². The lowest BCUT2D eigenvalue weighted by Crippen LogP contribution is -2.09. The van der Waals surface area contributed by atoms with Crippen LogP contribution in [0, 0.1) is 0 Å². The molecule has 0 aliphatic heterocycles. The zero-order valence-corrected chi connectivity index (χ0v) is 11.1. The number of aromatic nitrogens is 2. The molecule has 1 atom stereocenters. The van der Waals surface area contributed by atoms with Crippen LogP contribution in [0.25, 0.3) is 0 Å². The minimum atomic E-state index is -0.00968. The van der Waals surface area contributed by atoms with Gasteiger partial charge in [0.2, 0.25) is 0 Å². The summed E-state index contributed by atoms with van der Waals surface area (Å²) in [6.45, 7) is 1.89. The lowest BCUT2D eigenvalue weighted by molar-refractivity contribution is 1.11. The molecular formula is C8H9Br2N5. The number of amidine groups is 1. The van der Waals surface area contributed by atoms with Crippen LogP contribution in [-0.4, -0.2) is 27.0 Å². The van der Waals surface area contributed by atoms with Crippen molar-refractivity contribution in [2.75, 3.05) is 0 Å². The lowest BCUT2D eigenvalue weighted by Gasteiger charge is -2.01. The highest BCUT2D eigenvalue weighted by Gasteiger charge is 2.05. The van der Waals surface area contributed by atoms with Gasteiger partial charge in [0.1, 0.15) is 5.84 Å². The van der Waals surface area contributed by atoms with Crippen molar-refractivity contribution in [3.8, 4) is 0 Å². The van der Waals surface area contributed by atoms with Crippen LogP contribution in [0.2, 0.25) is 0 Å². The Labute approximate surface area is 104 Å². The predicted molar refractivity (Wildman–Crippen MR) is 67.9 cm³/mol. The molecule has 1 rings (SSSR count). The number of halogens is 2. The number of rotatable bonds is 2. The zero-order valence-electron chi connectivity index (χ0n) is 7.93. The third kappa shape index (κ3) is 4.05. The summed E-state index contributed by atoms with van der Waals surface area (Å²) >= 11 is 6.59. The highest BCUT2D eigenvalue weighted by Crippen LogP contribution is 2.11. The van der Waals surface area contributed by atoms with Crippen molar-refractivity contribution in [2.24, 2.45) is 15.7 Å². The summed E-state index contributed by atoms with van der Waals surface area (Å²) in [4.78, 5) is 16.0. The Balaban J connectivity index is 2.97. The Morgan fingerprint density at radius 1 is 1.53 bits per heavy atom. The molecular weight excluding hydrogens is 326 g/mol. The smallest absolute Gasteiger partial charge is 0.251 e. The minimum absolute atomic E-state index is 0.00968. The zero-order chi connectivity index (χ0) is 11.3. The highest BCUT2D eigenvalue weighted by atomic mass is 79.9. The molecule has 0 bridgehead atoms. The third-order valence-electron chi connectivity index (χ3n) is 1.38. The van der Waals surface area contributed by atoms with Crippen LogP contribution in [0.1, 0.15) is 6.92 Å². The Morgan fingerprint density at radius 3 is 2.60 bits per heavy atom. The van der Waals surface area contributed by atoms with Gasteiger partial charge in [-0.2, -0.15) is 4.99 Å². The Kier molecular flexibility index (Phi) is 4.83. The summed E-state index contributed by atoms with van der Waals surface area (Å²) in [7, 11) is 0. The first kappa shape index (κ1) is 12.3. The fraction of sp³-hybridized carbons (Fsp3) is 0.250. The van der Waals surface area contributed by atoms with Gasteiger partial charge in [-0.15, -0.1) is 0 Å². The van der Waals surface area contributed by atoms with E-state index >= 15 is 0 Å². The molecule has 0 aliphatic carbocycles. The largest absolute Gasteiger partial charge is 0.390 e. The van der Waals surface area contributed by atoms with E-state index in [0.29, 0.717) is 11.8 Å². The molecule has 1 aromatic rings. The van der Waals surface area contributed by atoms with E-state index in [0.717, 1.165) is 4.47 Å². The quantitative estimate of drug-likeness (QED) is 0.510. The van der Waals surface area contributed by atoms with E-state index in [2.05, 4.69) is 51.8 Å². The average Bonchev–Trinajstić information content (AvgIpc) is 2.20. The Hall–Kier alpha value is -0.820. The molecule has 1 unspecified atom stereocenters. The number of hydrogen-bond acceptors (Lipinski definition) is 3. The van der Waals surface area contributed by atoms with Gasteiger partial charge in [0.05, 0.1) is 15.6 Å². The maximum atomic E-state index is 5.20. The summed E-state index contributed by atoms with van der Waals surface area (Å²) in [6.07, 6.45) is 4.43. The topological polar surface area (TPSA) is 76.5 Å². The molecule has 1 heterocycles. The second-order valence-electron chi connectivity index (χ2n) is 2.57.